The van der Waals surface area contributed by atoms with Gasteiger partial charge >= 0.3 is 0 Å². The molecule has 0 radical (unpaired) electrons. The normalized spacial score (nSPS) is 11.6. The van der Waals surface area contributed by atoms with Crippen LogP contribution in [0.1, 0.15) is 43.6 Å². The van der Waals surface area contributed by atoms with Gasteiger partial charge in [0.2, 0.25) is 0 Å². The lowest BCUT2D eigenvalue weighted by Gasteiger charge is -2.32. The monoisotopic (exact) mass is 335 g/mol. The van der Waals surface area contributed by atoms with Crippen molar-refractivity contribution in [1.82, 2.24) is 4.90 Å². The second-order valence-electron chi connectivity index (χ2n) is 7.04. The summed E-state index contributed by atoms with van der Waals surface area (Å²) in [5, 5.41) is 14.0. The number of aliphatic hydroxyl groups excluding tert-OH is 1. The fourth-order valence-corrected chi connectivity index (χ4v) is 3.71. The molecule has 0 atom stereocenters. The van der Waals surface area contributed by atoms with E-state index >= 15 is 0 Å². The van der Waals surface area contributed by atoms with Crippen LogP contribution in [0.2, 0.25) is 0 Å². The maximum atomic E-state index is 13.5. The van der Waals surface area contributed by atoms with Gasteiger partial charge in [-0.3, -0.25) is 4.79 Å². The third kappa shape index (κ3) is 3.00. The minimum atomic E-state index is -0.149. The molecule has 0 spiro atoms. The van der Waals surface area contributed by atoms with Crippen molar-refractivity contribution in [2.45, 2.75) is 46.4 Å². The molecule has 3 nitrogen and oxygen atoms in total. The van der Waals surface area contributed by atoms with Crippen LogP contribution < -0.4 is 0 Å². The van der Waals surface area contributed by atoms with E-state index in [2.05, 4.69) is 12.1 Å². The van der Waals surface area contributed by atoms with Gasteiger partial charge in [0.15, 0.2) is 0 Å². The minimum absolute atomic E-state index is 0.0176. The average Bonchev–Trinajstić information content (AvgIpc) is 2.59. The van der Waals surface area contributed by atoms with Crippen LogP contribution in [0.15, 0.2) is 48.5 Å². The maximum absolute atomic E-state index is 13.5. The fraction of sp³-hybridized carbons (Fsp3) is 0.318. The van der Waals surface area contributed by atoms with Gasteiger partial charge in [0.1, 0.15) is 0 Å². The summed E-state index contributed by atoms with van der Waals surface area (Å²) in [6.45, 7) is 7.96. The second-order valence-corrected chi connectivity index (χ2v) is 7.04. The van der Waals surface area contributed by atoms with E-state index < -0.39 is 0 Å². The molecule has 0 bridgehead atoms. The van der Waals surface area contributed by atoms with Crippen LogP contribution >= 0.6 is 0 Å². The molecule has 0 aliphatic heterocycles. The van der Waals surface area contributed by atoms with E-state index in [0.717, 1.165) is 21.5 Å². The van der Waals surface area contributed by atoms with Crippen molar-refractivity contribution >= 4 is 27.5 Å². The molecule has 0 saturated heterocycles. The number of nitrogens with zero attached hydrogens (tertiary/aromatic N) is 1. The predicted molar refractivity (Wildman–Crippen MR) is 104 cm³/mol. The molecule has 3 aromatic carbocycles. The van der Waals surface area contributed by atoms with E-state index in [4.69, 9.17) is 0 Å². The highest BCUT2D eigenvalue weighted by Gasteiger charge is 2.26. The summed E-state index contributed by atoms with van der Waals surface area (Å²) in [5.41, 5.74) is 1.30. The van der Waals surface area contributed by atoms with Crippen LogP contribution in [0.5, 0.6) is 0 Å². The number of carbonyl (C=O) groups excluding carboxylic acids is 1. The molecule has 3 heteroatoms. The Hall–Kier alpha value is -2.39. The van der Waals surface area contributed by atoms with Gasteiger partial charge in [-0.05, 0) is 49.4 Å². The van der Waals surface area contributed by atoms with E-state index in [-0.39, 0.29) is 24.6 Å². The van der Waals surface area contributed by atoms with Crippen LogP contribution in [-0.4, -0.2) is 28.0 Å². The van der Waals surface area contributed by atoms with Crippen molar-refractivity contribution < 1.29 is 9.90 Å². The molecule has 25 heavy (non-hydrogen) atoms. The first-order valence-corrected chi connectivity index (χ1v) is 8.82. The molecular formula is C22H25NO2. The van der Waals surface area contributed by atoms with Crippen molar-refractivity contribution in [3.8, 4) is 0 Å². The third-order valence-corrected chi connectivity index (χ3v) is 4.73. The first-order chi connectivity index (χ1) is 12.0. The number of fused-ring (bicyclic) bond motifs is 3. The molecule has 1 N–H and O–H groups in total. The van der Waals surface area contributed by atoms with Crippen molar-refractivity contribution in [3.63, 3.8) is 0 Å². The van der Waals surface area contributed by atoms with Crippen LogP contribution in [0.3, 0.4) is 0 Å². The summed E-state index contributed by atoms with van der Waals surface area (Å²) in [7, 11) is 0. The van der Waals surface area contributed by atoms with Gasteiger partial charge in [-0.1, -0.05) is 48.5 Å². The van der Waals surface area contributed by atoms with Gasteiger partial charge < -0.3 is 10.0 Å². The molecule has 3 rings (SSSR count). The first kappa shape index (κ1) is 17.4. The van der Waals surface area contributed by atoms with Crippen molar-refractivity contribution in [1.29, 1.82) is 0 Å². The summed E-state index contributed by atoms with van der Waals surface area (Å²) in [6.07, 6.45) is 0. The topological polar surface area (TPSA) is 40.5 Å². The molecule has 1 amide bonds. The Morgan fingerprint density at radius 1 is 0.920 bits per heavy atom. The Labute approximate surface area is 148 Å². The highest BCUT2D eigenvalue weighted by atomic mass is 16.3. The Balaban J connectivity index is 2.39. The lowest BCUT2D eigenvalue weighted by molar-refractivity contribution is 0.0642. The number of aliphatic hydroxyl groups is 1. The first-order valence-electron chi connectivity index (χ1n) is 8.82. The Morgan fingerprint density at radius 2 is 1.52 bits per heavy atom. The van der Waals surface area contributed by atoms with Crippen LogP contribution in [0, 0.1) is 0 Å². The zero-order chi connectivity index (χ0) is 18.1. The van der Waals surface area contributed by atoms with E-state index in [1.807, 2.05) is 69.0 Å². The molecule has 0 aromatic heterocycles. The Morgan fingerprint density at radius 3 is 2.16 bits per heavy atom. The highest BCUT2D eigenvalue weighted by molar-refractivity contribution is 6.18. The van der Waals surface area contributed by atoms with Crippen LogP contribution in [0.25, 0.3) is 21.5 Å². The zero-order valence-corrected chi connectivity index (χ0v) is 15.3. The standard InChI is InChI=1S/C22H25NO2/c1-14(2)23(15(3)4)22(25)21-18(13-24)12-11-17-10-9-16-7-5-6-8-19(16)20(17)21/h5-12,14-15,24H,13H2,1-4H3. The number of rotatable bonds is 4. The fourth-order valence-electron chi connectivity index (χ4n) is 3.71. The molecule has 0 unspecified atom stereocenters. The molecule has 0 fully saturated rings. The van der Waals surface area contributed by atoms with E-state index in [1.165, 1.54) is 0 Å². The summed E-state index contributed by atoms with van der Waals surface area (Å²) in [4.78, 5) is 15.4. The largest absolute Gasteiger partial charge is 0.392 e. The average molecular weight is 335 g/mol. The van der Waals surface area contributed by atoms with Gasteiger partial charge in [-0.15, -0.1) is 0 Å². The number of hydrogen-bond acceptors (Lipinski definition) is 2. The number of carbonyl (C=O) groups is 1. The lowest BCUT2D eigenvalue weighted by Crippen LogP contribution is -2.42. The highest BCUT2D eigenvalue weighted by Crippen LogP contribution is 2.32. The second kappa shape index (κ2) is 6.85. The summed E-state index contributed by atoms with van der Waals surface area (Å²) >= 11 is 0. The van der Waals surface area contributed by atoms with Crippen molar-refractivity contribution in [2.75, 3.05) is 0 Å². The quantitative estimate of drug-likeness (QED) is 0.699. The molecule has 0 saturated carbocycles. The molecular weight excluding hydrogens is 310 g/mol. The third-order valence-electron chi connectivity index (χ3n) is 4.73. The molecule has 0 aliphatic carbocycles. The van der Waals surface area contributed by atoms with Gasteiger partial charge in [0.25, 0.3) is 5.91 Å². The van der Waals surface area contributed by atoms with Crippen LogP contribution in [-0.2, 0) is 6.61 Å². The lowest BCUT2D eigenvalue weighted by atomic mass is 9.93. The van der Waals surface area contributed by atoms with Crippen molar-refractivity contribution in [2.24, 2.45) is 0 Å². The minimum Gasteiger partial charge on any atom is -0.392 e. The van der Waals surface area contributed by atoms with Gasteiger partial charge in [-0.25, -0.2) is 0 Å². The molecule has 0 heterocycles. The van der Waals surface area contributed by atoms with Gasteiger partial charge in [0, 0.05) is 17.5 Å². The summed E-state index contributed by atoms with van der Waals surface area (Å²) in [6, 6.07) is 16.2. The number of benzene rings is 3. The van der Waals surface area contributed by atoms with E-state index in [0.29, 0.717) is 11.1 Å². The van der Waals surface area contributed by atoms with E-state index in [9.17, 15) is 9.90 Å². The molecule has 3 aromatic rings. The maximum Gasteiger partial charge on any atom is 0.255 e. The van der Waals surface area contributed by atoms with E-state index in [1.54, 1.807) is 0 Å². The van der Waals surface area contributed by atoms with Gasteiger partial charge in [-0.2, -0.15) is 0 Å². The Bertz CT molecular complexity index is 920. The molecule has 0 aliphatic rings. The Kier molecular flexibility index (Phi) is 4.78. The number of hydrogen-bond donors (Lipinski definition) is 1. The summed E-state index contributed by atoms with van der Waals surface area (Å²) < 4.78 is 0. The SMILES string of the molecule is CC(C)N(C(=O)c1c(CO)ccc2ccc3ccccc3c12)C(C)C. The zero-order valence-electron chi connectivity index (χ0n) is 15.3. The van der Waals surface area contributed by atoms with Crippen molar-refractivity contribution in [3.05, 3.63) is 59.7 Å². The smallest absolute Gasteiger partial charge is 0.255 e. The summed E-state index contributed by atoms with van der Waals surface area (Å²) in [5.74, 6) is -0.0176. The number of amides is 1. The van der Waals surface area contributed by atoms with Crippen LogP contribution in [0.4, 0.5) is 0 Å². The predicted octanol–water partition coefficient (Wildman–Crippen LogP) is 4.74. The molecule has 130 valence electrons. The van der Waals surface area contributed by atoms with Gasteiger partial charge in [0.05, 0.1) is 12.2 Å².